The Morgan fingerprint density at radius 1 is 1.15 bits per heavy atom. The molecule has 2 aromatic rings. The van der Waals surface area contributed by atoms with Crippen LogP contribution in [0.5, 0.6) is 5.75 Å². The number of terminal acetylenes is 1. The van der Waals surface area contributed by atoms with Gasteiger partial charge in [0, 0.05) is 37.9 Å². The number of pyridine rings is 1. The molecule has 0 aliphatic carbocycles. The first kappa shape index (κ1) is 22.8. The summed E-state index contributed by atoms with van der Waals surface area (Å²) in [6, 6.07) is 13.9. The van der Waals surface area contributed by atoms with Gasteiger partial charge in [-0.25, -0.2) is 0 Å². The fraction of sp³-hybridized carbons (Fsp3) is 0.333. The Labute approximate surface area is 179 Å². The maximum absolute atomic E-state index is 5.38. The van der Waals surface area contributed by atoms with Gasteiger partial charge >= 0.3 is 0 Å². The molecule has 0 amide bonds. The molecule has 0 spiro atoms. The number of rotatable bonds is 9. The summed E-state index contributed by atoms with van der Waals surface area (Å²) in [6.07, 6.45) is 8.73. The third-order valence-electron chi connectivity index (χ3n) is 3.66. The summed E-state index contributed by atoms with van der Waals surface area (Å²) in [7, 11) is 0. The highest BCUT2D eigenvalue weighted by molar-refractivity contribution is 14.0. The van der Waals surface area contributed by atoms with Crippen LogP contribution in [0.4, 0.5) is 0 Å². The van der Waals surface area contributed by atoms with E-state index < -0.39 is 0 Å². The molecule has 0 aliphatic rings. The molecule has 0 aliphatic heterocycles. The van der Waals surface area contributed by atoms with Crippen LogP contribution in [0, 0.1) is 12.3 Å². The first-order chi connectivity index (χ1) is 12.8. The van der Waals surface area contributed by atoms with Crippen molar-refractivity contribution in [2.24, 2.45) is 4.99 Å². The average molecular weight is 478 g/mol. The van der Waals surface area contributed by atoms with E-state index in [9.17, 15) is 0 Å². The second-order valence-corrected chi connectivity index (χ2v) is 5.65. The third-order valence-corrected chi connectivity index (χ3v) is 3.66. The number of aromatic nitrogens is 1. The van der Waals surface area contributed by atoms with Crippen LogP contribution in [0.15, 0.2) is 53.7 Å². The van der Waals surface area contributed by atoms with Gasteiger partial charge in [-0.15, -0.1) is 30.4 Å². The highest BCUT2D eigenvalue weighted by atomic mass is 127. The normalized spacial score (nSPS) is 10.4. The molecule has 2 rings (SSSR count). The molecule has 1 aromatic heterocycles. The first-order valence-corrected chi connectivity index (χ1v) is 8.89. The predicted octanol–water partition coefficient (Wildman–Crippen LogP) is 3.05. The number of benzene rings is 1. The van der Waals surface area contributed by atoms with Gasteiger partial charge in [-0.3, -0.25) is 9.98 Å². The topological polar surface area (TPSA) is 58.5 Å². The first-order valence-electron chi connectivity index (χ1n) is 8.89. The van der Waals surface area contributed by atoms with Gasteiger partial charge in [0.15, 0.2) is 5.96 Å². The Kier molecular flexibility index (Phi) is 11.7. The van der Waals surface area contributed by atoms with Crippen LogP contribution < -0.4 is 15.4 Å². The molecular formula is C21H27IN4O. The van der Waals surface area contributed by atoms with E-state index in [1.54, 1.807) is 0 Å². The number of hydrogen-bond donors (Lipinski definition) is 2. The lowest BCUT2D eigenvalue weighted by Gasteiger charge is -2.11. The van der Waals surface area contributed by atoms with Crippen LogP contribution in [0.3, 0.4) is 0 Å². The minimum absolute atomic E-state index is 0. The quantitative estimate of drug-likeness (QED) is 0.252. The number of aliphatic imine (C=N–C) groups is 1. The summed E-state index contributed by atoms with van der Waals surface area (Å²) >= 11 is 0. The minimum atomic E-state index is 0. The molecule has 0 atom stereocenters. The summed E-state index contributed by atoms with van der Waals surface area (Å²) in [5.41, 5.74) is 2.29. The zero-order chi connectivity index (χ0) is 18.5. The number of halogens is 1. The van der Waals surface area contributed by atoms with Crippen molar-refractivity contribution in [2.75, 3.05) is 26.2 Å². The summed E-state index contributed by atoms with van der Waals surface area (Å²) in [5, 5.41) is 6.63. The lowest BCUT2D eigenvalue weighted by molar-refractivity contribution is 0.370. The Balaban J connectivity index is 0.00000364. The van der Waals surface area contributed by atoms with Gasteiger partial charge in [-0.1, -0.05) is 24.1 Å². The number of hydrogen-bond acceptors (Lipinski definition) is 3. The lowest BCUT2D eigenvalue weighted by Crippen LogP contribution is -2.38. The number of nitrogens with zero attached hydrogens (tertiary/aromatic N) is 2. The Morgan fingerprint density at radius 3 is 2.63 bits per heavy atom. The second-order valence-electron chi connectivity index (χ2n) is 5.65. The van der Waals surface area contributed by atoms with E-state index in [0.29, 0.717) is 13.2 Å². The van der Waals surface area contributed by atoms with E-state index in [0.717, 1.165) is 43.3 Å². The maximum Gasteiger partial charge on any atom is 0.191 e. The molecule has 0 radical (unpaired) electrons. The van der Waals surface area contributed by atoms with Gasteiger partial charge in [-0.2, -0.15) is 0 Å². The van der Waals surface area contributed by atoms with Crippen molar-refractivity contribution in [3.63, 3.8) is 0 Å². The molecule has 0 saturated heterocycles. The van der Waals surface area contributed by atoms with Crippen LogP contribution in [-0.2, 0) is 12.8 Å². The van der Waals surface area contributed by atoms with E-state index in [2.05, 4.69) is 45.6 Å². The Morgan fingerprint density at radius 2 is 1.96 bits per heavy atom. The molecule has 1 aromatic carbocycles. The molecule has 5 nitrogen and oxygen atoms in total. The maximum atomic E-state index is 5.38. The summed E-state index contributed by atoms with van der Waals surface area (Å²) in [5.74, 6) is 4.09. The molecule has 144 valence electrons. The van der Waals surface area contributed by atoms with Gasteiger partial charge in [0.2, 0.25) is 0 Å². The van der Waals surface area contributed by atoms with Crippen molar-refractivity contribution in [1.29, 1.82) is 0 Å². The fourth-order valence-corrected chi connectivity index (χ4v) is 2.37. The Bertz CT molecular complexity index is 711. The molecule has 0 unspecified atom stereocenters. The van der Waals surface area contributed by atoms with E-state index in [4.69, 9.17) is 11.2 Å². The van der Waals surface area contributed by atoms with Crippen LogP contribution in [0.1, 0.15) is 18.2 Å². The summed E-state index contributed by atoms with van der Waals surface area (Å²) < 4.78 is 5.38. The summed E-state index contributed by atoms with van der Waals surface area (Å²) in [4.78, 5) is 8.92. The molecule has 0 fully saturated rings. The fourth-order valence-electron chi connectivity index (χ4n) is 2.37. The Hall–Kier alpha value is -2.27. The van der Waals surface area contributed by atoms with Gasteiger partial charge in [0.25, 0.3) is 0 Å². The average Bonchev–Trinajstić information content (AvgIpc) is 2.68. The van der Waals surface area contributed by atoms with E-state index >= 15 is 0 Å². The van der Waals surface area contributed by atoms with Crippen molar-refractivity contribution in [2.45, 2.75) is 19.8 Å². The van der Waals surface area contributed by atoms with Gasteiger partial charge in [0.05, 0.1) is 0 Å². The van der Waals surface area contributed by atoms with E-state index in [1.165, 1.54) is 5.56 Å². The van der Waals surface area contributed by atoms with Crippen molar-refractivity contribution in [1.82, 2.24) is 15.6 Å². The van der Waals surface area contributed by atoms with Crippen molar-refractivity contribution in [3.05, 3.63) is 59.9 Å². The smallest absolute Gasteiger partial charge is 0.191 e. The minimum Gasteiger partial charge on any atom is -0.481 e. The molecule has 6 heteroatoms. The van der Waals surface area contributed by atoms with E-state index in [1.807, 2.05) is 36.5 Å². The standard InChI is InChI=1S/C21H26N4O.HI/c1-3-17-26-20-10-8-18(9-11-20)12-15-24-21(22-4-2)25-16-13-19-7-5-6-14-23-19;/h1,5-11,14H,4,12-13,15-17H2,2H3,(H2,22,24,25);1H. The molecule has 0 bridgehead atoms. The van der Waals surface area contributed by atoms with Crippen molar-refractivity contribution < 1.29 is 4.74 Å². The van der Waals surface area contributed by atoms with Crippen molar-refractivity contribution >= 4 is 29.9 Å². The molecule has 0 saturated carbocycles. The SMILES string of the molecule is C#CCOc1ccc(CCNC(=NCCc2ccccn2)NCC)cc1.I. The predicted molar refractivity (Wildman–Crippen MR) is 122 cm³/mol. The second kappa shape index (κ2) is 13.9. The van der Waals surface area contributed by atoms with Crippen LogP contribution in [0.25, 0.3) is 0 Å². The van der Waals surface area contributed by atoms with Crippen LogP contribution >= 0.6 is 24.0 Å². The van der Waals surface area contributed by atoms with Crippen molar-refractivity contribution in [3.8, 4) is 18.1 Å². The van der Waals surface area contributed by atoms with E-state index in [-0.39, 0.29) is 24.0 Å². The number of guanidine groups is 1. The zero-order valence-corrected chi connectivity index (χ0v) is 18.0. The summed E-state index contributed by atoms with van der Waals surface area (Å²) in [6.45, 7) is 4.69. The highest BCUT2D eigenvalue weighted by Crippen LogP contribution is 2.12. The molecule has 27 heavy (non-hydrogen) atoms. The third kappa shape index (κ3) is 9.29. The van der Waals surface area contributed by atoms with Crippen LogP contribution in [0.2, 0.25) is 0 Å². The van der Waals surface area contributed by atoms with Gasteiger partial charge in [-0.05, 0) is 43.2 Å². The van der Waals surface area contributed by atoms with Gasteiger partial charge < -0.3 is 15.4 Å². The lowest BCUT2D eigenvalue weighted by atomic mass is 10.1. The zero-order valence-electron chi connectivity index (χ0n) is 15.6. The van der Waals surface area contributed by atoms with Gasteiger partial charge in [0.1, 0.15) is 12.4 Å². The molecule has 2 N–H and O–H groups in total. The monoisotopic (exact) mass is 478 g/mol. The number of nitrogens with one attached hydrogen (secondary N) is 2. The highest BCUT2D eigenvalue weighted by Gasteiger charge is 1.99. The molecule has 1 heterocycles. The molecular weight excluding hydrogens is 451 g/mol. The van der Waals surface area contributed by atoms with Crippen LogP contribution in [-0.4, -0.2) is 37.2 Å². The largest absolute Gasteiger partial charge is 0.481 e. The number of ether oxygens (including phenoxy) is 1.